The van der Waals surface area contributed by atoms with Gasteiger partial charge < -0.3 is 14.3 Å². The number of aromatic nitrogens is 2. The first-order valence-corrected chi connectivity index (χ1v) is 5.66. The number of hydrogen-bond acceptors (Lipinski definition) is 2. The van der Waals surface area contributed by atoms with Gasteiger partial charge in [-0.05, 0) is 25.2 Å². The molecule has 3 rings (SSSR count). The fourth-order valence-corrected chi connectivity index (χ4v) is 2.48. The van der Waals surface area contributed by atoms with Crippen molar-refractivity contribution in [3.8, 4) is 5.75 Å². The zero-order valence-corrected chi connectivity index (χ0v) is 9.75. The Morgan fingerprint density at radius 1 is 1.44 bits per heavy atom. The quantitative estimate of drug-likeness (QED) is 0.766. The van der Waals surface area contributed by atoms with Crippen LogP contribution >= 0.6 is 12.2 Å². The summed E-state index contributed by atoms with van der Waals surface area (Å²) in [6, 6.07) is 8.32. The third-order valence-corrected chi connectivity index (χ3v) is 3.19. The second-order valence-corrected chi connectivity index (χ2v) is 4.40. The van der Waals surface area contributed by atoms with Crippen LogP contribution in [0.4, 0.5) is 0 Å². The van der Waals surface area contributed by atoms with E-state index in [1.807, 2.05) is 31.3 Å². The van der Waals surface area contributed by atoms with E-state index in [-0.39, 0.29) is 6.04 Å². The fourth-order valence-electron chi connectivity index (χ4n) is 2.14. The summed E-state index contributed by atoms with van der Waals surface area (Å²) in [6.07, 6.45) is 2.04. The maximum Gasteiger partial charge on any atom is 0.178 e. The number of aryl methyl sites for hydroxylation is 1. The van der Waals surface area contributed by atoms with Crippen molar-refractivity contribution in [3.63, 3.8) is 0 Å². The Balaban J connectivity index is 2.11. The normalized spacial score (nSPS) is 18.2. The standard InChI is InChI=1S/C12H12N2OS/c1-8-6-14(12(16)13-8)10-7-15-11-5-3-2-4-9(10)11/h2-6,10H,7H2,1H3,(H,13,16). The topological polar surface area (TPSA) is 29.9 Å². The lowest BCUT2D eigenvalue weighted by molar-refractivity contribution is 0.315. The lowest BCUT2D eigenvalue weighted by Crippen LogP contribution is -2.11. The van der Waals surface area contributed by atoms with Gasteiger partial charge in [0.05, 0.1) is 6.04 Å². The summed E-state index contributed by atoms with van der Waals surface area (Å²) in [5, 5.41) is 0. The maximum absolute atomic E-state index is 5.65. The lowest BCUT2D eigenvalue weighted by Gasteiger charge is -2.09. The van der Waals surface area contributed by atoms with E-state index in [2.05, 4.69) is 15.6 Å². The van der Waals surface area contributed by atoms with Gasteiger partial charge in [0.15, 0.2) is 4.77 Å². The molecule has 0 amide bonds. The van der Waals surface area contributed by atoms with Gasteiger partial charge in [0.2, 0.25) is 0 Å². The molecule has 1 aromatic heterocycles. The third kappa shape index (κ3) is 1.38. The molecule has 4 heteroatoms. The van der Waals surface area contributed by atoms with E-state index < -0.39 is 0 Å². The summed E-state index contributed by atoms with van der Waals surface area (Å²) in [7, 11) is 0. The first-order chi connectivity index (χ1) is 7.75. The van der Waals surface area contributed by atoms with Crippen LogP contribution in [0.3, 0.4) is 0 Å². The van der Waals surface area contributed by atoms with Crippen LogP contribution in [0.15, 0.2) is 30.5 Å². The molecule has 1 atom stereocenters. The second-order valence-electron chi connectivity index (χ2n) is 4.01. The van der Waals surface area contributed by atoms with E-state index >= 15 is 0 Å². The van der Waals surface area contributed by atoms with Gasteiger partial charge in [-0.15, -0.1) is 0 Å². The van der Waals surface area contributed by atoms with Crippen molar-refractivity contribution in [1.29, 1.82) is 0 Å². The number of aromatic amines is 1. The maximum atomic E-state index is 5.65. The van der Waals surface area contributed by atoms with E-state index in [0.717, 1.165) is 16.2 Å². The Morgan fingerprint density at radius 2 is 2.25 bits per heavy atom. The smallest absolute Gasteiger partial charge is 0.178 e. The van der Waals surface area contributed by atoms with Crippen molar-refractivity contribution in [2.75, 3.05) is 6.61 Å². The zero-order valence-electron chi connectivity index (χ0n) is 8.93. The Bertz CT molecular complexity index is 585. The minimum absolute atomic E-state index is 0.202. The van der Waals surface area contributed by atoms with Gasteiger partial charge in [0.25, 0.3) is 0 Å². The minimum atomic E-state index is 0.202. The van der Waals surface area contributed by atoms with E-state index in [9.17, 15) is 0 Å². The summed E-state index contributed by atoms with van der Waals surface area (Å²) in [5.41, 5.74) is 2.28. The molecule has 1 unspecified atom stereocenters. The SMILES string of the molecule is Cc1cn(C2COc3ccccc32)c(=S)[nH]1. The van der Waals surface area contributed by atoms with E-state index in [0.29, 0.717) is 6.61 Å². The number of nitrogens with one attached hydrogen (secondary N) is 1. The number of imidazole rings is 1. The number of rotatable bonds is 1. The molecule has 0 spiro atoms. The lowest BCUT2D eigenvalue weighted by atomic mass is 10.1. The van der Waals surface area contributed by atoms with E-state index in [1.54, 1.807) is 0 Å². The molecule has 82 valence electrons. The second kappa shape index (κ2) is 3.49. The molecule has 1 aromatic carbocycles. The zero-order chi connectivity index (χ0) is 11.1. The van der Waals surface area contributed by atoms with Crippen LogP contribution in [-0.2, 0) is 0 Å². The predicted molar refractivity (Wildman–Crippen MR) is 64.4 cm³/mol. The highest BCUT2D eigenvalue weighted by Gasteiger charge is 2.25. The molecule has 2 aromatic rings. The summed E-state index contributed by atoms with van der Waals surface area (Å²) in [6.45, 7) is 2.67. The Labute approximate surface area is 98.7 Å². The van der Waals surface area contributed by atoms with Gasteiger partial charge in [0, 0.05) is 17.5 Å². The molecule has 3 nitrogen and oxygen atoms in total. The van der Waals surface area contributed by atoms with Crippen molar-refractivity contribution in [1.82, 2.24) is 9.55 Å². The number of benzene rings is 1. The fraction of sp³-hybridized carbons (Fsp3) is 0.250. The van der Waals surface area contributed by atoms with Gasteiger partial charge >= 0.3 is 0 Å². The van der Waals surface area contributed by atoms with E-state index in [1.165, 1.54) is 5.56 Å². The Morgan fingerprint density at radius 3 is 3.00 bits per heavy atom. The number of hydrogen-bond donors (Lipinski definition) is 1. The highest BCUT2D eigenvalue weighted by atomic mass is 32.1. The van der Waals surface area contributed by atoms with Crippen molar-refractivity contribution >= 4 is 12.2 Å². The molecule has 1 aliphatic rings. The highest BCUT2D eigenvalue weighted by molar-refractivity contribution is 7.71. The van der Waals surface area contributed by atoms with Crippen molar-refractivity contribution in [3.05, 3.63) is 46.5 Å². The molecule has 1 N–H and O–H groups in total. The molecule has 0 saturated carbocycles. The Hall–Kier alpha value is -1.55. The van der Waals surface area contributed by atoms with Crippen LogP contribution in [0.25, 0.3) is 0 Å². The molecule has 0 bridgehead atoms. The molecule has 0 fully saturated rings. The van der Waals surface area contributed by atoms with Gasteiger partial charge in [-0.3, -0.25) is 0 Å². The van der Waals surface area contributed by atoms with Crippen LogP contribution in [0, 0.1) is 11.7 Å². The number of nitrogens with zero attached hydrogens (tertiary/aromatic N) is 1. The molecule has 16 heavy (non-hydrogen) atoms. The molecule has 1 aliphatic heterocycles. The largest absolute Gasteiger partial charge is 0.491 e. The van der Waals surface area contributed by atoms with Crippen molar-refractivity contribution < 1.29 is 4.74 Å². The van der Waals surface area contributed by atoms with Gasteiger partial charge in [0.1, 0.15) is 12.4 Å². The number of para-hydroxylation sites is 1. The number of fused-ring (bicyclic) bond motifs is 1. The van der Waals surface area contributed by atoms with E-state index in [4.69, 9.17) is 17.0 Å². The predicted octanol–water partition coefficient (Wildman–Crippen LogP) is 2.84. The molecule has 0 saturated heterocycles. The molecule has 2 heterocycles. The molecule has 0 aliphatic carbocycles. The van der Waals surface area contributed by atoms with Gasteiger partial charge in [-0.1, -0.05) is 18.2 Å². The first kappa shape index (κ1) is 9.66. The minimum Gasteiger partial charge on any atom is -0.491 e. The average molecular weight is 232 g/mol. The summed E-state index contributed by atoms with van der Waals surface area (Å²) in [5.74, 6) is 0.966. The number of H-pyrrole nitrogens is 1. The van der Waals surface area contributed by atoms with Crippen LogP contribution in [0.2, 0.25) is 0 Å². The van der Waals surface area contributed by atoms with Crippen LogP contribution in [0.1, 0.15) is 17.3 Å². The van der Waals surface area contributed by atoms with Crippen LogP contribution in [-0.4, -0.2) is 16.2 Å². The van der Waals surface area contributed by atoms with Gasteiger partial charge in [-0.2, -0.15) is 0 Å². The number of ether oxygens (including phenoxy) is 1. The van der Waals surface area contributed by atoms with Crippen LogP contribution in [0.5, 0.6) is 5.75 Å². The summed E-state index contributed by atoms with van der Waals surface area (Å²) in [4.78, 5) is 3.14. The summed E-state index contributed by atoms with van der Waals surface area (Å²) >= 11 is 5.29. The molecular formula is C12H12N2OS. The first-order valence-electron chi connectivity index (χ1n) is 5.25. The van der Waals surface area contributed by atoms with Crippen molar-refractivity contribution in [2.45, 2.75) is 13.0 Å². The summed E-state index contributed by atoms with van der Waals surface area (Å²) < 4.78 is 8.47. The average Bonchev–Trinajstić information content (AvgIpc) is 2.81. The van der Waals surface area contributed by atoms with Gasteiger partial charge in [-0.25, -0.2) is 0 Å². The molecular weight excluding hydrogens is 220 g/mol. The highest BCUT2D eigenvalue weighted by Crippen LogP contribution is 2.34. The van der Waals surface area contributed by atoms with Crippen LogP contribution < -0.4 is 4.74 Å². The third-order valence-electron chi connectivity index (χ3n) is 2.88. The monoisotopic (exact) mass is 232 g/mol. The van der Waals surface area contributed by atoms with Crippen molar-refractivity contribution in [2.24, 2.45) is 0 Å². The Kier molecular flexibility index (Phi) is 2.11. The molecule has 0 radical (unpaired) electrons.